The molecule has 0 aliphatic carbocycles. The molecule has 0 unspecified atom stereocenters. The van der Waals surface area contributed by atoms with Crippen LogP contribution in [0.15, 0.2) is 498 Å². The molecule has 0 aliphatic rings. The van der Waals surface area contributed by atoms with Crippen LogP contribution in [0.2, 0.25) is 0 Å². The maximum atomic E-state index is 4.90. The van der Waals surface area contributed by atoms with Gasteiger partial charge in [-0.05, 0) is 182 Å². The molecule has 140 heavy (non-hydrogen) atoms. The third kappa shape index (κ3) is 19.0. The van der Waals surface area contributed by atoms with Crippen LogP contribution in [0.25, 0.3) is 246 Å². The van der Waals surface area contributed by atoms with Crippen LogP contribution in [-0.2, 0) is 40.2 Å². The fourth-order valence-corrected chi connectivity index (χ4v) is 18.7. The van der Waals surface area contributed by atoms with Gasteiger partial charge in [0.25, 0.3) is 0 Å². The summed E-state index contributed by atoms with van der Waals surface area (Å²) >= 11 is 0. The predicted octanol–water partition coefficient (Wildman–Crippen LogP) is 33.5. The number of aromatic nitrogens is 6. The van der Waals surface area contributed by atoms with E-state index in [1.165, 1.54) is 0 Å². The van der Waals surface area contributed by atoms with E-state index in [0.29, 0.717) is 0 Å². The van der Waals surface area contributed by atoms with Gasteiger partial charge >= 0.3 is 40.2 Å². The fourth-order valence-electron chi connectivity index (χ4n) is 18.7. The van der Waals surface area contributed by atoms with Crippen molar-refractivity contribution in [3.8, 4) is 246 Å². The monoisotopic (exact) mass is 2140 g/mol. The number of nitrogens with zero attached hydrogens (tertiary/aromatic N) is 6. The molecule has 0 atom stereocenters. The van der Waals surface area contributed by atoms with Gasteiger partial charge in [0, 0.05) is 24.8 Å². The van der Waals surface area contributed by atoms with E-state index in [2.05, 4.69) is 473 Å². The Morgan fingerprint density at radius 2 is 0.286 bits per heavy atom. The molecule has 0 spiro atoms. The van der Waals surface area contributed by atoms with Crippen molar-refractivity contribution in [1.82, 2.24) is 29.9 Å². The Balaban J connectivity index is 0.00000582. The molecule has 658 valence electrons. The zero-order valence-corrected chi connectivity index (χ0v) is 80.5. The van der Waals surface area contributed by atoms with E-state index in [0.717, 1.165) is 246 Å². The summed E-state index contributed by atoms with van der Waals surface area (Å²) in [6.07, 6.45) is 9.41. The van der Waals surface area contributed by atoms with E-state index in [1.807, 2.05) is 55.1 Å². The average Bonchev–Trinajstić information content (AvgIpc) is 0.767. The van der Waals surface area contributed by atoms with Crippen molar-refractivity contribution in [2.75, 3.05) is 0 Å². The minimum atomic E-state index is 0. The SMILES string of the molecule is [Ir+3].[Ir+3].[c-]1cc(-c2ccccc2-c2cc(-c3ccccc3-c3c[c-]c(-c4ccc(-c5ccccc5)cn4)cc3)cc(-c3ccccc3-c3c[c-]c(-c4cc(-c5[c-]cc(-c6ccccc6-c6cc(-c7ccccc7-c7c[c-]c(-c8ccc(-c9ccccc9)cn8)cc7)cc(-c7ccccc7-c7c[c-]c(-c8ccc(-c9ccccc9)cn8)cc7)c6)cc5)ncn4)cc3)c2)ccc1-c1ccc(-c2ccccc2)cn1. The second kappa shape index (κ2) is 40.9. The Morgan fingerprint density at radius 3 is 0.450 bits per heavy atom. The van der Waals surface area contributed by atoms with Crippen molar-refractivity contribution in [2.45, 2.75) is 0 Å². The Morgan fingerprint density at radius 1 is 0.121 bits per heavy atom. The fraction of sp³-hybridized carbons (Fsp3) is 0. The minimum absolute atomic E-state index is 0. The zero-order chi connectivity index (χ0) is 91.9. The third-order valence-electron chi connectivity index (χ3n) is 25.8. The second-order valence-corrected chi connectivity index (χ2v) is 34.3. The molecule has 23 rings (SSSR count). The molecule has 6 nitrogen and oxygen atoms in total. The van der Waals surface area contributed by atoms with Crippen molar-refractivity contribution in [3.05, 3.63) is 535 Å². The summed E-state index contributed by atoms with van der Waals surface area (Å²) < 4.78 is 0. The van der Waals surface area contributed by atoms with Crippen molar-refractivity contribution in [1.29, 1.82) is 0 Å². The quantitative estimate of drug-likeness (QED) is 0.0629. The van der Waals surface area contributed by atoms with Crippen LogP contribution in [0.3, 0.4) is 0 Å². The van der Waals surface area contributed by atoms with Gasteiger partial charge in [-0.15, -0.1) is 179 Å². The summed E-state index contributed by atoms with van der Waals surface area (Å²) in [4.78, 5) is 29.4. The van der Waals surface area contributed by atoms with Crippen molar-refractivity contribution in [2.24, 2.45) is 0 Å². The maximum absolute atomic E-state index is 4.90. The molecule has 0 saturated heterocycles. The van der Waals surface area contributed by atoms with Gasteiger partial charge in [-0.2, -0.15) is 0 Å². The van der Waals surface area contributed by atoms with Gasteiger partial charge in [0.2, 0.25) is 0 Å². The third-order valence-corrected chi connectivity index (χ3v) is 25.8. The maximum Gasteiger partial charge on any atom is 3.00 e. The van der Waals surface area contributed by atoms with Gasteiger partial charge in [-0.25, -0.2) is 0 Å². The molecule has 5 aromatic heterocycles. The summed E-state index contributed by atoms with van der Waals surface area (Å²) in [5.74, 6) is 0. The Kier molecular flexibility index (Phi) is 26.1. The normalized spacial score (nSPS) is 11.0. The van der Waals surface area contributed by atoms with Gasteiger partial charge in [0.15, 0.2) is 0 Å². The van der Waals surface area contributed by atoms with Crippen LogP contribution in [0.5, 0.6) is 0 Å². The standard InChI is InChI=1S/C132H82N6.2Ir/c1-5-25-89(26-6-1)105-69-73-127(133-84-105)99-57-45-93(46-58-99)115-33-13-19-39-121(115)109-77-110(122-40-20-14-34-116(122)94-47-59-100(60-48-94)128-74-70-106(85-134-128)90-27-7-2-8-28-90)80-113(79-109)125-43-23-17-37-119(125)97-53-65-103(66-54-97)131-83-132(138-88-137-131)104-67-55-98(56-68-104)120-38-18-24-44-126(120)114-81-111(123-41-21-15-35-117(123)95-49-61-101(62-50-95)129-75-71-107(86-135-129)91-29-9-3-10-30-91)78-112(82-114)124-42-22-16-36-118(124)96-51-63-102(64-52-96)130-76-72-108(87-136-130)92-31-11-4-12-32-92;;/h1-57,59,61,63,65,67,69-88H;;/q-6;2*+3. The summed E-state index contributed by atoms with van der Waals surface area (Å²) in [5.41, 5.74) is 44.7. The first-order valence-electron chi connectivity index (χ1n) is 46.3. The van der Waals surface area contributed by atoms with Crippen molar-refractivity contribution >= 4 is 0 Å². The Hall–Kier alpha value is -17.1. The molecule has 18 aromatic carbocycles. The van der Waals surface area contributed by atoms with Gasteiger partial charge in [0.1, 0.15) is 0 Å². The second-order valence-electron chi connectivity index (χ2n) is 34.3. The van der Waals surface area contributed by atoms with E-state index in [1.54, 1.807) is 6.33 Å². The number of benzene rings is 18. The topological polar surface area (TPSA) is 77.3 Å². The number of pyridine rings is 4. The van der Waals surface area contributed by atoms with Crippen LogP contribution >= 0.6 is 0 Å². The largest absolute Gasteiger partial charge is 3.00 e. The molecule has 0 aliphatic heterocycles. The Labute approximate surface area is 843 Å². The van der Waals surface area contributed by atoms with Crippen LogP contribution in [0.1, 0.15) is 0 Å². The van der Waals surface area contributed by atoms with Crippen molar-refractivity contribution < 1.29 is 40.2 Å². The van der Waals surface area contributed by atoms with Crippen LogP contribution in [0.4, 0.5) is 0 Å². The molecule has 23 aromatic rings. The Bertz CT molecular complexity index is 7430. The van der Waals surface area contributed by atoms with E-state index in [4.69, 9.17) is 29.9 Å². The van der Waals surface area contributed by atoms with Gasteiger partial charge in [0.05, 0.1) is 6.33 Å². The smallest absolute Gasteiger partial charge is 0.304 e. The minimum Gasteiger partial charge on any atom is -0.304 e. The first kappa shape index (κ1) is 89.5. The first-order valence-corrected chi connectivity index (χ1v) is 46.3. The van der Waals surface area contributed by atoms with Crippen LogP contribution in [0, 0.1) is 36.4 Å². The molecule has 0 N–H and O–H groups in total. The van der Waals surface area contributed by atoms with Crippen molar-refractivity contribution in [3.63, 3.8) is 0 Å². The van der Waals surface area contributed by atoms with E-state index < -0.39 is 0 Å². The van der Waals surface area contributed by atoms with Crippen LogP contribution in [-0.4, -0.2) is 29.9 Å². The number of hydrogen-bond acceptors (Lipinski definition) is 6. The molecule has 5 heterocycles. The number of hydrogen-bond donors (Lipinski definition) is 0. The van der Waals surface area contributed by atoms with Gasteiger partial charge < -0.3 is 19.9 Å². The summed E-state index contributed by atoms with van der Waals surface area (Å²) in [6, 6.07) is 187. The average molecular weight is 2140 g/mol. The van der Waals surface area contributed by atoms with E-state index in [-0.39, 0.29) is 40.2 Å². The molecule has 0 saturated carbocycles. The molecular weight excluding hydrogens is 2050 g/mol. The predicted molar refractivity (Wildman–Crippen MR) is 566 cm³/mol. The molecular formula is C132H82Ir2N6. The summed E-state index contributed by atoms with van der Waals surface area (Å²) in [5, 5.41) is 0. The molecule has 0 fully saturated rings. The van der Waals surface area contributed by atoms with E-state index in [9.17, 15) is 0 Å². The molecule has 0 bridgehead atoms. The van der Waals surface area contributed by atoms with Gasteiger partial charge in [-0.1, -0.05) is 388 Å². The van der Waals surface area contributed by atoms with Gasteiger partial charge in [-0.3, -0.25) is 9.97 Å². The molecule has 0 amide bonds. The van der Waals surface area contributed by atoms with Crippen LogP contribution < -0.4 is 0 Å². The summed E-state index contributed by atoms with van der Waals surface area (Å²) in [7, 11) is 0. The number of rotatable bonds is 22. The van der Waals surface area contributed by atoms with E-state index >= 15 is 0 Å². The summed E-state index contributed by atoms with van der Waals surface area (Å²) in [6.45, 7) is 0. The molecule has 0 radical (unpaired) electrons. The molecule has 8 heteroatoms. The first-order chi connectivity index (χ1) is 68.4. The zero-order valence-electron chi connectivity index (χ0n) is 75.7.